The van der Waals surface area contributed by atoms with Gasteiger partial charge in [-0.3, -0.25) is 0 Å². The first kappa shape index (κ1) is 11.0. The average molecular weight is 532 g/mol. The van der Waals surface area contributed by atoms with Crippen molar-refractivity contribution in [1.82, 2.24) is 0 Å². The molecule has 0 bridgehead atoms. The molecule has 0 fully saturated rings. The summed E-state index contributed by atoms with van der Waals surface area (Å²) >= 11 is 0. The number of hydrogen-bond donors (Lipinski definition) is 0. The second-order valence-electron chi connectivity index (χ2n) is 5.27. The van der Waals surface area contributed by atoms with Gasteiger partial charge in [0, 0.05) is 0 Å². The standard InChI is InChI=1S/C19H14N2.Lr/c1-3-9-16(10-4-1)20-15-21(17-11-5-2-6-12-17)19-14-8-7-13-18(19)20;/h1-11,13-15H;. The van der Waals surface area contributed by atoms with E-state index in [9.17, 15) is 0 Å². The van der Waals surface area contributed by atoms with Crippen LogP contribution < -0.4 is 15.9 Å². The molecule has 1 unspecified atom stereocenters. The fourth-order valence-electron chi connectivity index (χ4n) is 3.06. The normalized spacial score (nSPS) is 17.4. The molecule has 1 atom stereocenters. The third kappa shape index (κ3) is 1.29. The molecule has 2 aliphatic heterocycles. The fourth-order valence-corrected chi connectivity index (χ4v) is 6.60. The van der Waals surface area contributed by atoms with Crippen LogP contribution in [0, 0.1) is 0 Å². The minimum absolute atomic E-state index is 0.0516. The van der Waals surface area contributed by atoms with Crippen molar-refractivity contribution in [2.24, 2.45) is 0 Å². The van der Waals surface area contributed by atoms with Crippen molar-refractivity contribution in [3.05, 3.63) is 78.9 Å². The number of rotatable bonds is 1. The van der Waals surface area contributed by atoms with Crippen LogP contribution in [0.3, 0.4) is 0 Å². The maximum atomic E-state index is 2.53. The van der Waals surface area contributed by atoms with Crippen LogP contribution >= 0.6 is 0 Å². The third-order valence-corrected chi connectivity index (χ3v) is 7.25. The van der Waals surface area contributed by atoms with Gasteiger partial charge >= 0.3 is 124 Å². The molecule has 2 nitrogen and oxygen atoms in total. The molecule has 0 spiro atoms. The van der Waals surface area contributed by atoms with Gasteiger partial charge in [0.05, 0.1) is 0 Å². The van der Waals surface area contributed by atoms with E-state index in [-0.39, 0.29) is 0 Å². The van der Waals surface area contributed by atoms with Crippen LogP contribution in [0.15, 0.2) is 78.9 Å². The fraction of sp³-hybridized carbons (Fsp3) is 0.0526. The van der Waals surface area contributed by atoms with Crippen molar-refractivity contribution >= 4 is 28.8 Å². The molecule has 0 amide bonds. The Morgan fingerprint density at radius 3 is 1.95 bits per heavy atom. The monoisotopic (exact) mass is 532 g/mol. The quantitative estimate of drug-likeness (QED) is 0.468. The van der Waals surface area contributed by atoms with E-state index >= 15 is 0 Å². The number of anilines is 4. The van der Waals surface area contributed by atoms with Gasteiger partial charge in [-0.15, -0.1) is 0 Å². The van der Waals surface area contributed by atoms with Crippen LogP contribution in [-0.4, -0.2) is 6.67 Å². The van der Waals surface area contributed by atoms with Crippen molar-refractivity contribution < 1.29 is 0 Å². The summed E-state index contributed by atoms with van der Waals surface area (Å²) in [5.41, 5.74) is 5.33. The molecule has 3 aromatic carbocycles. The van der Waals surface area contributed by atoms with Gasteiger partial charge in [0.25, 0.3) is 0 Å². The molecule has 22 heavy (non-hydrogen) atoms. The number of benzene rings is 3. The van der Waals surface area contributed by atoms with E-state index < -0.39 is 0 Å². The minimum atomic E-state index is 0.0516. The molecule has 3 aromatic rings. The van der Waals surface area contributed by atoms with E-state index in [4.69, 9.17) is 0 Å². The second-order valence-corrected chi connectivity index (χ2v) is 8.16. The molecule has 5 rings (SSSR count). The summed E-state index contributed by atoms with van der Waals surface area (Å²) in [4.78, 5) is 5.04. The SMILES string of the molecule is c1ccc(N2c3ccccc3N3c4cccc[c]4[Lr][CH]23)cc1. The summed E-state index contributed by atoms with van der Waals surface area (Å²) in [7, 11) is 0. The number of hydrogen-bond acceptors (Lipinski definition) is 2. The zero-order valence-corrected chi connectivity index (χ0v) is 13.9. The van der Waals surface area contributed by atoms with Crippen molar-refractivity contribution in [2.75, 3.05) is 9.80 Å². The van der Waals surface area contributed by atoms with E-state index in [1.807, 2.05) is 0 Å². The Morgan fingerprint density at radius 2 is 1.18 bits per heavy atom. The Labute approximate surface area is 124 Å². The van der Waals surface area contributed by atoms with Crippen LogP contribution in [0.4, 0.5) is 22.7 Å². The summed E-state index contributed by atoms with van der Waals surface area (Å²) < 4.78 is 0.0516. The zero-order valence-electron chi connectivity index (χ0n) is 11.7. The van der Waals surface area contributed by atoms with Crippen molar-refractivity contribution in [3.63, 3.8) is 0 Å². The van der Waals surface area contributed by atoms with E-state index in [0.29, 0.717) is 6.67 Å². The van der Waals surface area contributed by atoms with Crippen LogP contribution in [0.25, 0.3) is 0 Å². The Bertz CT molecular complexity index is 832. The van der Waals surface area contributed by atoms with Gasteiger partial charge < -0.3 is 0 Å². The number of para-hydroxylation sites is 4. The van der Waals surface area contributed by atoms with Crippen LogP contribution in [0.5, 0.6) is 0 Å². The Kier molecular flexibility index (Phi) is 1.94. The summed E-state index contributed by atoms with van der Waals surface area (Å²) in [5.74, 6) is 0. The summed E-state index contributed by atoms with van der Waals surface area (Å²) in [6.45, 7) is 0.442. The van der Waals surface area contributed by atoms with Crippen LogP contribution in [-0.2, 0) is 0 Å². The van der Waals surface area contributed by atoms with Gasteiger partial charge in [0.2, 0.25) is 0 Å². The van der Waals surface area contributed by atoms with Crippen molar-refractivity contribution in [3.8, 4) is 0 Å². The van der Waals surface area contributed by atoms with Crippen LogP contribution in [0.1, 0.15) is 0 Å². The Hall–Kier alpha value is -3.74. The number of nitrogens with zero attached hydrogens (tertiary/aromatic N) is 2. The second kappa shape index (κ2) is 3.89. The molecule has 0 saturated carbocycles. The average Bonchev–Trinajstić information content (AvgIpc) is 3.10. The zero-order chi connectivity index (χ0) is 14.5. The van der Waals surface area contributed by atoms with E-state index in [1.165, 1.54) is 28.8 Å². The summed E-state index contributed by atoms with van der Waals surface area (Å²) in [6.07, 6.45) is 0. The topological polar surface area (TPSA) is 6.48 Å². The Balaban J connectivity index is 1.73. The van der Waals surface area contributed by atoms with Gasteiger partial charge in [-0.05, 0) is 0 Å². The van der Waals surface area contributed by atoms with Gasteiger partial charge in [-0.2, -0.15) is 0 Å². The molecule has 3 heteroatoms. The maximum absolute atomic E-state index is 2.53. The van der Waals surface area contributed by atoms with Crippen LogP contribution in [0.2, 0.25) is 0 Å². The van der Waals surface area contributed by atoms with E-state index in [2.05, 4.69) is 88.7 Å². The first-order valence-corrected chi connectivity index (χ1v) is 9.57. The number of fused-ring (bicyclic) bond motifs is 5. The molecule has 0 aliphatic carbocycles. The van der Waals surface area contributed by atoms with Gasteiger partial charge in [-0.25, -0.2) is 0 Å². The molecule has 0 N–H and O–H groups in total. The third-order valence-electron chi connectivity index (χ3n) is 4.01. The Morgan fingerprint density at radius 1 is 0.591 bits per heavy atom. The van der Waals surface area contributed by atoms with Gasteiger partial charge in [-0.1, -0.05) is 0 Å². The summed E-state index contributed by atoms with van der Waals surface area (Å²) in [6, 6.07) is 29.9. The van der Waals surface area contributed by atoms with Crippen molar-refractivity contribution in [2.45, 2.75) is 6.67 Å². The van der Waals surface area contributed by atoms with E-state index in [1.54, 1.807) is 0 Å². The molecule has 0 radical (unpaired) electrons. The molecule has 0 saturated heterocycles. The molecule has 115 valence electrons. The molecule has 2 aliphatic rings. The van der Waals surface area contributed by atoms with Crippen molar-refractivity contribution in [1.29, 1.82) is 0 Å². The first-order chi connectivity index (χ1) is 10.9. The first-order valence-electron chi connectivity index (χ1n) is 7.25. The van der Waals surface area contributed by atoms with Gasteiger partial charge in [0.1, 0.15) is 0 Å². The molecule has 0 aromatic heterocycles. The molecular weight excluding hydrogens is 518 g/mol. The molecular formula is C19H14LrN2. The van der Waals surface area contributed by atoms with E-state index in [0.717, 1.165) is 0 Å². The predicted molar refractivity (Wildman–Crippen MR) is 87.0 cm³/mol. The predicted octanol–water partition coefficient (Wildman–Crippen LogP) is 3.98. The molecule has 2 heterocycles. The summed E-state index contributed by atoms with van der Waals surface area (Å²) in [5, 5.41) is 0. The van der Waals surface area contributed by atoms with Gasteiger partial charge in [0.15, 0.2) is 0 Å².